The van der Waals surface area contributed by atoms with Crippen LogP contribution in [-0.4, -0.2) is 64.7 Å². The van der Waals surface area contributed by atoms with E-state index in [9.17, 15) is 14.4 Å². The monoisotopic (exact) mass is 463 g/mol. The van der Waals surface area contributed by atoms with Crippen molar-refractivity contribution in [2.75, 3.05) is 36.5 Å². The Morgan fingerprint density at radius 3 is 2.63 bits per heavy atom. The van der Waals surface area contributed by atoms with Gasteiger partial charge in [-0.2, -0.15) is 11.8 Å². The number of likely N-dealkylation sites (tertiary alicyclic amines) is 1. The van der Waals surface area contributed by atoms with Gasteiger partial charge in [-0.25, -0.2) is 0 Å². The lowest BCUT2D eigenvalue weighted by Crippen LogP contribution is -2.50. The highest BCUT2D eigenvalue weighted by molar-refractivity contribution is 7.99. The maximum Gasteiger partial charge on any atom is 0.265 e. The zero-order chi connectivity index (χ0) is 21.1. The number of nitrogens with zero attached hydrogens (tertiary/aromatic N) is 2. The summed E-state index contributed by atoms with van der Waals surface area (Å²) in [5.41, 5.74) is 0.797. The van der Waals surface area contributed by atoms with E-state index in [4.69, 9.17) is 11.6 Å². The normalized spacial score (nSPS) is 19.0. The second-order valence-corrected chi connectivity index (χ2v) is 9.80. The number of carbonyl (C=O) groups is 3. The molecule has 0 radical (unpaired) electrons. The molecule has 1 aromatic carbocycles. The largest absolute Gasteiger partial charge is 0.339 e. The van der Waals surface area contributed by atoms with Gasteiger partial charge in [-0.05, 0) is 42.5 Å². The van der Waals surface area contributed by atoms with Crippen LogP contribution >= 0.6 is 34.7 Å². The van der Waals surface area contributed by atoms with Gasteiger partial charge in [-0.15, -0.1) is 11.3 Å². The van der Waals surface area contributed by atoms with E-state index in [2.05, 4.69) is 5.32 Å². The van der Waals surface area contributed by atoms with Crippen molar-refractivity contribution in [3.05, 3.63) is 51.2 Å². The summed E-state index contributed by atoms with van der Waals surface area (Å²) in [6, 6.07) is 7.94. The predicted molar refractivity (Wildman–Crippen MR) is 122 cm³/mol. The average Bonchev–Trinajstić information content (AvgIpc) is 3.47. The Kier molecular flexibility index (Phi) is 6.65. The first-order chi connectivity index (χ1) is 14.5. The molecular weight excluding hydrogens is 442 g/mol. The average molecular weight is 464 g/mol. The van der Waals surface area contributed by atoms with Crippen molar-refractivity contribution in [2.24, 2.45) is 0 Å². The molecule has 6 nitrogen and oxygen atoms in total. The summed E-state index contributed by atoms with van der Waals surface area (Å²) in [6.45, 7) is 2.03. The Labute approximate surface area is 188 Å². The first-order valence-corrected chi connectivity index (χ1v) is 12.3. The quantitative estimate of drug-likeness (QED) is 0.748. The van der Waals surface area contributed by atoms with Gasteiger partial charge in [0.1, 0.15) is 6.04 Å². The van der Waals surface area contributed by atoms with Crippen LogP contribution in [0.1, 0.15) is 32.9 Å². The van der Waals surface area contributed by atoms with E-state index in [1.807, 2.05) is 22.0 Å². The van der Waals surface area contributed by atoms with Gasteiger partial charge in [0.15, 0.2) is 0 Å². The lowest BCUT2D eigenvalue weighted by molar-refractivity contribution is -0.134. The van der Waals surface area contributed by atoms with E-state index >= 15 is 0 Å². The summed E-state index contributed by atoms with van der Waals surface area (Å²) in [7, 11) is 0. The van der Waals surface area contributed by atoms with Gasteiger partial charge in [0.25, 0.3) is 11.8 Å². The molecule has 1 atom stereocenters. The molecular formula is C21H22ClN3O3S2. The van der Waals surface area contributed by atoms with Crippen LogP contribution in [0.3, 0.4) is 0 Å². The first kappa shape index (κ1) is 21.2. The van der Waals surface area contributed by atoms with E-state index in [0.717, 1.165) is 31.0 Å². The third-order valence-corrected chi connectivity index (χ3v) is 7.47. The molecule has 9 heteroatoms. The maximum atomic E-state index is 13.2. The van der Waals surface area contributed by atoms with Crippen LogP contribution < -0.4 is 5.32 Å². The van der Waals surface area contributed by atoms with Gasteiger partial charge in [0.2, 0.25) is 5.91 Å². The number of anilines is 1. The van der Waals surface area contributed by atoms with Crippen molar-refractivity contribution in [1.82, 2.24) is 9.80 Å². The number of amides is 3. The highest BCUT2D eigenvalue weighted by Crippen LogP contribution is 2.28. The third-order valence-electron chi connectivity index (χ3n) is 5.33. The lowest BCUT2D eigenvalue weighted by Gasteiger charge is -2.32. The number of rotatable bonds is 4. The van der Waals surface area contributed by atoms with Crippen molar-refractivity contribution in [1.29, 1.82) is 0 Å². The van der Waals surface area contributed by atoms with Crippen molar-refractivity contribution < 1.29 is 14.4 Å². The number of hydrogen-bond acceptors (Lipinski definition) is 5. The van der Waals surface area contributed by atoms with Gasteiger partial charge in [0.05, 0.1) is 15.6 Å². The van der Waals surface area contributed by atoms with E-state index in [1.165, 1.54) is 11.3 Å². The van der Waals surface area contributed by atoms with Crippen LogP contribution in [0.5, 0.6) is 0 Å². The van der Waals surface area contributed by atoms with Gasteiger partial charge in [0, 0.05) is 36.7 Å². The topological polar surface area (TPSA) is 69.7 Å². The molecule has 158 valence electrons. The Morgan fingerprint density at radius 2 is 1.90 bits per heavy atom. The summed E-state index contributed by atoms with van der Waals surface area (Å²) in [4.78, 5) is 42.7. The van der Waals surface area contributed by atoms with Crippen LogP contribution in [0, 0.1) is 0 Å². The van der Waals surface area contributed by atoms with E-state index in [0.29, 0.717) is 34.1 Å². The molecule has 0 spiro atoms. The Morgan fingerprint density at radius 1 is 1.10 bits per heavy atom. The molecule has 0 bridgehead atoms. The number of thioether (sulfide) groups is 1. The number of carbonyl (C=O) groups excluding carboxylic acids is 3. The number of halogens is 1. The van der Waals surface area contributed by atoms with E-state index in [1.54, 1.807) is 35.2 Å². The fraction of sp³-hybridized carbons (Fsp3) is 0.381. The minimum absolute atomic E-state index is 0.0429. The fourth-order valence-corrected chi connectivity index (χ4v) is 5.46. The Balaban J connectivity index is 1.50. The predicted octanol–water partition coefficient (Wildman–Crippen LogP) is 3.83. The molecule has 30 heavy (non-hydrogen) atoms. The number of hydrogen-bond donors (Lipinski definition) is 1. The number of nitrogens with one attached hydrogen (secondary N) is 1. The molecule has 0 unspecified atom stereocenters. The number of benzene rings is 1. The minimum atomic E-state index is -0.416. The highest BCUT2D eigenvalue weighted by atomic mass is 35.5. The standard InChI is InChI=1S/C21H22ClN3O3S2/c22-15-6-5-14(13-16(15)23-19(26)18-4-2-10-30-18)20(27)25-7-1-3-17(25)21(28)24-8-11-29-12-9-24/h2,4-6,10,13,17H,1,3,7-9,11-12H2,(H,23,26)/t17-/m1/s1. The van der Waals surface area contributed by atoms with Crippen LogP contribution in [-0.2, 0) is 4.79 Å². The Bertz CT molecular complexity index is 945. The second-order valence-electron chi connectivity index (χ2n) is 7.22. The summed E-state index contributed by atoms with van der Waals surface area (Å²) < 4.78 is 0. The summed E-state index contributed by atoms with van der Waals surface area (Å²) in [5.74, 6) is 1.45. The molecule has 1 N–H and O–H groups in total. The van der Waals surface area contributed by atoms with Crippen molar-refractivity contribution in [2.45, 2.75) is 18.9 Å². The Hall–Kier alpha value is -2.03. The van der Waals surface area contributed by atoms with Crippen LogP contribution in [0.15, 0.2) is 35.7 Å². The summed E-state index contributed by atoms with van der Waals surface area (Å²) >= 11 is 9.43. The van der Waals surface area contributed by atoms with Crippen molar-refractivity contribution in [3.8, 4) is 0 Å². The smallest absolute Gasteiger partial charge is 0.265 e. The molecule has 3 heterocycles. The maximum absolute atomic E-state index is 13.2. The second kappa shape index (κ2) is 9.41. The van der Waals surface area contributed by atoms with Crippen LogP contribution in [0.25, 0.3) is 0 Å². The summed E-state index contributed by atoms with van der Waals surface area (Å²) in [6.07, 6.45) is 1.49. The lowest BCUT2D eigenvalue weighted by atomic mass is 10.1. The molecule has 2 saturated heterocycles. The van der Waals surface area contributed by atoms with Gasteiger partial charge < -0.3 is 15.1 Å². The molecule has 4 rings (SSSR count). The number of thiophene rings is 1. The van der Waals surface area contributed by atoms with Crippen LogP contribution in [0.2, 0.25) is 5.02 Å². The summed E-state index contributed by atoms with van der Waals surface area (Å²) in [5, 5.41) is 4.95. The molecule has 2 aliphatic rings. The first-order valence-electron chi connectivity index (χ1n) is 9.86. The molecule has 3 amide bonds. The molecule has 0 aliphatic carbocycles. The molecule has 1 aromatic heterocycles. The van der Waals surface area contributed by atoms with E-state index < -0.39 is 6.04 Å². The minimum Gasteiger partial charge on any atom is -0.339 e. The van der Waals surface area contributed by atoms with E-state index in [-0.39, 0.29) is 17.7 Å². The molecule has 2 aliphatic heterocycles. The van der Waals surface area contributed by atoms with Gasteiger partial charge in [-0.1, -0.05) is 17.7 Å². The van der Waals surface area contributed by atoms with Crippen LogP contribution in [0.4, 0.5) is 5.69 Å². The molecule has 0 saturated carbocycles. The van der Waals surface area contributed by atoms with Gasteiger partial charge in [-0.3, -0.25) is 14.4 Å². The molecule has 2 fully saturated rings. The van der Waals surface area contributed by atoms with Crippen molar-refractivity contribution >= 4 is 58.1 Å². The zero-order valence-corrected chi connectivity index (χ0v) is 18.7. The van der Waals surface area contributed by atoms with Gasteiger partial charge >= 0.3 is 0 Å². The fourth-order valence-electron chi connectivity index (χ4n) is 3.77. The highest BCUT2D eigenvalue weighted by Gasteiger charge is 2.37. The molecule has 2 aromatic rings. The third kappa shape index (κ3) is 4.50. The zero-order valence-electron chi connectivity index (χ0n) is 16.3. The van der Waals surface area contributed by atoms with Crippen molar-refractivity contribution in [3.63, 3.8) is 0 Å². The SMILES string of the molecule is O=C(Nc1cc(C(=O)N2CCC[C@@H]2C(=O)N2CCSCC2)ccc1Cl)c1cccs1.